The van der Waals surface area contributed by atoms with Gasteiger partial charge < -0.3 is 0 Å². The SMILES string of the molecule is Cc1cc(-c2ccc(-n3c(-c4cc(-c5nc6ccccc6n5-c5ccc(-c6cc(C)c(-c7ccccc7)cn6)cc5)cc(-c5nc6ccccc6n5-c5ccc(-c6cc(C)c(-c7ccccc7)cn6)cc5)c4)nc4ccccc43)cc2)ncc1-c1ccccc1. The topological polar surface area (TPSA) is 92.1 Å². The normalized spacial score (nSPS) is 11.5. The molecular weight excluding hydrogens is 1100 g/mol. The van der Waals surface area contributed by atoms with E-state index >= 15 is 0 Å². The number of para-hydroxylation sites is 6. The molecule has 0 amide bonds. The van der Waals surface area contributed by atoms with E-state index in [9.17, 15) is 0 Å². The van der Waals surface area contributed by atoms with E-state index in [4.69, 9.17) is 29.9 Å². The van der Waals surface area contributed by atoms with Crippen molar-refractivity contribution in [3.05, 3.63) is 308 Å². The fourth-order valence-corrected chi connectivity index (χ4v) is 12.7. The highest BCUT2D eigenvalue weighted by Gasteiger charge is 2.24. The predicted molar refractivity (Wildman–Crippen MR) is 367 cm³/mol. The zero-order chi connectivity index (χ0) is 60.2. The van der Waals surface area contributed by atoms with Crippen molar-refractivity contribution in [1.29, 1.82) is 0 Å². The number of fused-ring (bicyclic) bond motifs is 3. The second-order valence-electron chi connectivity index (χ2n) is 23.0. The minimum atomic E-state index is 0.773. The Morgan fingerprint density at radius 3 is 0.756 bits per heavy atom. The minimum Gasteiger partial charge on any atom is -0.292 e. The maximum Gasteiger partial charge on any atom is 0.145 e. The molecule has 6 heterocycles. The third kappa shape index (κ3) is 9.71. The lowest BCUT2D eigenvalue weighted by molar-refractivity contribution is 1.08. The molecule has 90 heavy (non-hydrogen) atoms. The van der Waals surface area contributed by atoms with Gasteiger partial charge in [0.1, 0.15) is 17.5 Å². The van der Waals surface area contributed by atoms with Crippen molar-refractivity contribution in [1.82, 2.24) is 43.6 Å². The Labute approximate surface area is 521 Å². The van der Waals surface area contributed by atoms with Gasteiger partial charge in [-0.15, -0.1) is 0 Å². The van der Waals surface area contributed by atoms with Gasteiger partial charge in [-0.3, -0.25) is 28.7 Å². The summed E-state index contributed by atoms with van der Waals surface area (Å²) in [6.07, 6.45) is 5.96. The highest BCUT2D eigenvalue weighted by Crippen LogP contribution is 2.41. The summed E-state index contributed by atoms with van der Waals surface area (Å²) in [5, 5.41) is 0. The third-order valence-electron chi connectivity index (χ3n) is 17.2. The lowest BCUT2D eigenvalue weighted by Gasteiger charge is -2.16. The number of hydrogen-bond acceptors (Lipinski definition) is 6. The quantitative estimate of drug-likeness (QED) is 0.121. The van der Waals surface area contributed by atoms with Crippen LogP contribution in [0.5, 0.6) is 0 Å². The molecule has 0 radical (unpaired) electrons. The van der Waals surface area contributed by atoms with Gasteiger partial charge in [-0.1, -0.05) is 164 Å². The fraction of sp³-hybridized carbons (Fsp3) is 0.0370. The number of aryl methyl sites for hydroxylation is 3. The van der Waals surface area contributed by atoms with Crippen LogP contribution in [0.1, 0.15) is 16.7 Å². The van der Waals surface area contributed by atoms with Crippen LogP contribution in [0.2, 0.25) is 0 Å². The Morgan fingerprint density at radius 1 is 0.233 bits per heavy atom. The van der Waals surface area contributed by atoms with Crippen LogP contribution in [-0.2, 0) is 0 Å². The molecule has 0 fully saturated rings. The van der Waals surface area contributed by atoms with Crippen LogP contribution >= 0.6 is 0 Å². The lowest BCUT2D eigenvalue weighted by atomic mass is 10.0. The van der Waals surface area contributed by atoms with E-state index in [0.29, 0.717) is 0 Å². The summed E-state index contributed by atoms with van der Waals surface area (Å²) in [6.45, 7) is 6.46. The van der Waals surface area contributed by atoms with E-state index in [0.717, 1.165) is 151 Å². The first-order valence-corrected chi connectivity index (χ1v) is 30.3. The molecule has 0 unspecified atom stereocenters. The van der Waals surface area contributed by atoms with Crippen molar-refractivity contribution in [2.75, 3.05) is 0 Å². The minimum absolute atomic E-state index is 0.773. The molecule has 0 bridgehead atoms. The van der Waals surface area contributed by atoms with E-state index < -0.39 is 0 Å². The van der Waals surface area contributed by atoms with Gasteiger partial charge in [-0.2, -0.15) is 0 Å². The molecular formula is C81H57N9. The smallest absolute Gasteiger partial charge is 0.145 e. The van der Waals surface area contributed by atoms with Crippen molar-refractivity contribution in [3.63, 3.8) is 0 Å². The van der Waals surface area contributed by atoms with Crippen LogP contribution in [0.15, 0.2) is 292 Å². The Kier molecular flexibility index (Phi) is 13.3. The average molecular weight is 1160 g/mol. The summed E-state index contributed by atoms with van der Waals surface area (Å²) in [5.74, 6) is 2.32. The number of imidazole rings is 3. The highest BCUT2D eigenvalue weighted by atomic mass is 15.1. The number of rotatable bonds is 12. The van der Waals surface area contributed by atoms with Gasteiger partial charge in [0.2, 0.25) is 0 Å². The van der Waals surface area contributed by atoms with Crippen molar-refractivity contribution in [3.8, 4) is 118 Å². The summed E-state index contributed by atoms with van der Waals surface area (Å²) >= 11 is 0. The predicted octanol–water partition coefficient (Wildman–Crippen LogP) is 19.8. The molecule has 9 nitrogen and oxygen atoms in total. The van der Waals surface area contributed by atoms with Crippen LogP contribution < -0.4 is 0 Å². The fourth-order valence-electron chi connectivity index (χ4n) is 12.7. The largest absolute Gasteiger partial charge is 0.292 e. The van der Waals surface area contributed by atoms with E-state index in [1.165, 1.54) is 16.7 Å². The Hall–Kier alpha value is -11.9. The average Bonchev–Trinajstić information content (AvgIpc) is 1.65. The van der Waals surface area contributed by atoms with Gasteiger partial charge in [0.05, 0.1) is 50.2 Å². The van der Waals surface area contributed by atoms with Gasteiger partial charge in [0.25, 0.3) is 0 Å². The third-order valence-corrected chi connectivity index (χ3v) is 17.2. The number of aromatic nitrogens is 9. The Balaban J connectivity index is 0.855. The second kappa shape index (κ2) is 22.4. The summed E-state index contributed by atoms with van der Waals surface area (Å²) in [5.41, 5.74) is 27.2. The van der Waals surface area contributed by atoms with Crippen LogP contribution in [0.25, 0.3) is 151 Å². The molecule has 6 aromatic heterocycles. The molecule has 0 atom stereocenters. The highest BCUT2D eigenvalue weighted by molar-refractivity contribution is 5.91. The summed E-state index contributed by atoms with van der Waals surface area (Å²) < 4.78 is 6.81. The summed E-state index contributed by atoms with van der Waals surface area (Å²) in [7, 11) is 0. The summed E-state index contributed by atoms with van der Waals surface area (Å²) in [4.78, 5) is 31.5. The van der Waals surface area contributed by atoms with Gasteiger partial charge in [-0.25, -0.2) is 15.0 Å². The molecule has 16 rings (SSSR count). The maximum absolute atomic E-state index is 5.53. The molecule has 0 saturated heterocycles. The molecule has 10 aromatic carbocycles. The van der Waals surface area contributed by atoms with Gasteiger partial charge >= 0.3 is 0 Å². The number of nitrogens with zero attached hydrogens (tertiary/aromatic N) is 9. The molecule has 0 aliphatic carbocycles. The van der Waals surface area contributed by atoms with E-state index in [-0.39, 0.29) is 0 Å². The van der Waals surface area contributed by atoms with E-state index in [2.05, 4.69) is 289 Å². The molecule has 426 valence electrons. The molecule has 9 heteroatoms. The first kappa shape index (κ1) is 53.5. The van der Waals surface area contributed by atoms with Crippen LogP contribution in [0.4, 0.5) is 0 Å². The standard InChI is InChI=1S/C81H57N9/c1-52-43-73(82-49-67(52)55-19-7-4-8-20-55)58-31-37-64(38-32-58)88-76-28-16-13-25-70(76)85-79(88)61-46-62(80-86-71-26-14-17-29-77(71)89(80)65-39-33-59(34-40-65)74-44-53(2)68(50-83-74)56-21-9-5-10-22-56)48-63(47-61)81-87-72-27-15-18-30-78(72)90(81)66-41-35-60(36-42-66)75-45-54(3)69(51-84-75)57-23-11-6-12-24-57/h4-51H,1-3H3. The van der Waals surface area contributed by atoms with Crippen molar-refractivity contribution >= 4 is 33.1 Å². The first-order chi connectivity index (χ1) is 44.3. The van der Waals surface area contributed by atoms with Gasteiger partial charge in [0.15, 0.2) is 0 Å². The molecule has 0 aliphatic heterocycles. The Morgan fingerprint density at radius 2 is 0.489 bits per heavy atom. The molecule has 0 aliphatic rings. The van der Waals surface area contributed by atoms with Crippen molar-refractivity contribution in [2.45, 2.75) is 20.8 Å². The lowest BCUT2D eigenvalue weighted by Crippen LogP contribution is -2.02. The zero-order valence-corrected chi connectivity index (χ0v) is 49.7. The zero-order valence-electron chi connectivity index (χ0n) is 49.7. The van der Waals surface area contributed by atoms with Gasteiger partial charge in [0, 0.05) is 85.7 Å². The second-order valence-corrected chi connectivity index (χ2v) is 23.0. The summed E-state index contributed by atoms with van der Waals surface area (Å²) in [6, 6.07) is 95.7. The molecule has 0 saturated carbocycles. The Bertz CT molecular complexity index is 4810. The first-order valence-electron chi connectivity index (χ1n) is 30.3. The number of pyridine rings is 3. The monoisotopic (exact) mass is 1160 g/mol. The molecule has 16 aromatic rings. The van der Waals surface area contributed by atoms with Crippen LogP contribution in [-0.4, -0.2) is 43.6 Å². The van der Waals surface area contributed by atoms with E-state index in [1.807, 2.05) is 36.8 Å². The number of hydrogen-bond donors (Lipinski definition) is 0. The number of benzene rings is 10. The molecule has 0 spiro atoms. The van der Waals surface area contributed by atoms with Gasteiger partial charge in [-0.05, 0) is 163 Å². The van der Waals surface area contributed by atoms with Crippen LogP contribution in [0.3, 0.4) is 0 Å². The maximum atomic E-state index is 5.53. The van der Waals surface area contributed by atoms with Crippen molar-refractivity contribution < 1.29 is 0 Å². The van der Waals surface area contributed by atoms with Crippen molar-refractivity contribution in [2.24, 2.45) is 0 Å². The van der Waals surface area contributed by atoms with E-state index in [1.54, 1.807) is 0 Å². The van der Waals surface area contributed by atoms with Crippen LogP contribution in [0, 0.1) is 20.8 Å². The molecule has 0 N–H and O–H groups in total.